The minimum Gasteiger partial charge on any atom is -0.273 e. The van der Waals surface area contributed by atoms with Crippen LogP contribution in [0.3, 0.4) is 0 Å². The Balaban J connectivity index is 4.47. The second kappa shape index (κ2) is 9.21. The summed E-state index contributed by atoms with van der Waals surface area (Å²) in [6.07, 6.45) is 0. The summed E-state index contributed by atoms with van der Waals surface area (Å²) in [7, 11) is -1.73. The van der Waals surface area contributed by atoms with Crippen LogP contribution in [0.5, 0.6) is 0 Å². The van der Waals surface area contributed by atoms with Crippen LogP contribution in [-0.2, 0) is 10.3 Å². The van der Waals surface area contributed by atoms with Crippen molar-refractivity contribution in [2.75, 3.05) is 13.1 Å². The summed E-state index contributed by atoms with van der Waals surface area (Å²) in [6, 6.07) is 0. The summed E-state index contributed by atoms with van der Waals surface area (Å²) in [5.41, 5.74) is 0. The lowest BCUT2D eigenvalue weighted by Crippen LogP contribution is -2.31. The van der Waals surface area contributed by atoms with Crippen molar-refractivity contribution in [2.24, 2.45) is 0 Å². The van der Waals surface area contributed by atoms with Crippen LogP contribution in [-0.4, -0.2) is 30.4 Å². The van der Waals surface area contributed by atoms with E-state index in [1.165, 1.54) is 17.9 Å². The molecule has 84 valence electrons. The van der Waals surface area contributed by atoms with Crippen molar-refractivity contribution in [1.82, 2.24) is 4.31 Å². The zero-order valence-electron chi connectivity index (χ0n) is 7.11. The van der Waals surface area contributed by atoms with E-state index >= 15 is 0 Å². The van der Waals surface area contributed by atoms with Crippen LogP contribution in [0, 0.1) is 22.3 Å². The molecule has 0 aromatic heterocycles. The molecule has 0 aromatic carbocycles. The molecule has 0 saturated carbocycles. The number of halogens is 2. The Morgan fingerprint density at radius 1 is 1.13 bits per heavy atom. The van der Waals surface area contributed by atoms with Crippen LogP contribution in [0.25, 0.3) is 0 Å². The summed E-state index contributed by atoms with van der Waals surface area (Å²) in [4.78, 5) is 0. The lowest BCUT2D eigenvalue weighted by Gasteiger charge is -2.11. The molecule has 4 nitrogen and oxygen atoms in total. The molecule has 0 aliphatic carbocycles. The summed E-state index contributed by atoms with van der Waals surface area (Å²) in [5, 5.41) is 5.24. The molecule has 0 fully saturated rings. The highest BCUT2D eigenvalue weighted by Gasteiger charge is 2.15. The Morgan fingerprint density at radius 3 is 1.80 bits per heavy atom. The number of hydrogen-bond donors (Lipinski definition) is 1. The van der Waals surface area contributed by atoms with Crippen LogP contribution in [0.2, 0.25) is 0 Å². The van der Waals surface area contributed by atoms with Gasteiger partial charge in [0.15, 0.2) is 0 Å². The van der Waals surface area contributed by atoms with Gasteiger partial charge in [0.25, 0.3) is 0 Å². The van der Waals surface area contributed by atoms with Gasteiger partial charge in [-0.25, -0.2) is 0 Å². The van der Waals surface area contributed by atoms with Crippen molar-refractivity contribution in [3.8, 4) is 22.3 Å². The van der Waals surface area contributed by atoms with Crippen molar-refractivity contribution in [1.29, 1.82) is 0 Å². The quantitative estimate of drug-likeness (QED) is 0.375. The van der Waals surface area contributed by atoms with Crippen LogP contribution < -0.4 is 0 Å². The fourth-order valence-corrected chi connectivity index (χ4v) is 2.14. The van der Waals surface area contributed by atoms with Gasteiger partial charge < -0.3 is 0 Å². The average molecular weight is 489 g/mol. The number of nitrogens with zero attached hydrogens (tertiary/aromatic N) is 1. The third kappa shape index (κ3) is 8.91. The molecule has 9 heteroatoms. The first-order valence-corrected chi connectivity index (χ1v) is 11.4. The highest BCUT2D eigenvalue weighted by atomic mass is 127. The van der Waals surface area contributed by atoms with E-state index in [0.29, 0.717) is 0 Å². The van der Waals surface area contributed by atoms with Gasteiger partial charge >= 0.3 is 10.3 Å². The molecule has 0 bridgehead atoms. The predicted octanol–water partition coefficient (Wildman–Crippen LogP) is 2.18. The first-order valence-electron chi connectivity index (χ1n) is 3.25. The summed E-state index contributed by atoms with van der Waals surface area (Å²) < 4.78 is 31.3. The Kier molecular flexibility index (Phi) is 9.91. The zero-order chi connectivity index (χ0) is 11.7. The molecule has 1 N–H and O–H groups in total. The van der Waals surface area contributed by atoms with Gasteiger partial charge in [-0.3, -0.25) is 4.55 Å². The van der Waals surface area contributed by atoms with E-state index in [9.17, 15) is 8.42 Å². The number of rotatable bonds is 3. The molecule has 0 amide bonds. The molecule has 0 heterocycles. The van der Waals surface area contributed by atoms with Crippen molar-refractivity contribution in [2.45, 2.75) is 0 Å². The molecule has 0 atom stereocenters. The van der Waals surface area contributed by atoms with Crippen LogP contribution in [0.15, 0.2) is 0 Å². The predicted molar refractivity (Wildman–Crippen MR) is 81.9 cm³/mol. The molecule has 15 heavy (non-hydrogen) atoms. The SMILES string of the molecule is O=S(=O)(O)N(CC#CSI)CC#CSI. The normalized spacial score (nSPS) is 10.1. The largest absolute Gasteiger partial charge is 0.337 e. The molecule has 0 rings (SSSR count). The van der Waals surface area contributed by atoms with E-state index in [2.05, 4.69) is 22.3 Å². The van der Waals surface area contributed by atoms with Crippen molar-refractivity contribution >= 4 is 70.6 Å². The molecule has 0 aliphatic rings. The van der Waals surface area contributed by atoms with Gasteiger partial charge in [-0.05, 0) is 28.4 Å². The van der Waals surface area contributed by atoms with Gasteiger partial charge in [-0.15, -0.1) is 0 Å². The molecule has 0 radical (unpaired) electrons. The Labute approximate surface area is 122 Å². The van der Waals surface area contributed by atoms with E-state index in [-0.39, 0.29) is 13.1 Å². The molecule has 0 saturated heterocycles. The first kappa shape index (κ1) is 16.1. The van der Waals surface area contributed by atoms with Gasteiger partial charge in [0.05, 0.1) is 13.1 Å². The third-order valence-corrected chi connectivity index (χ3v) is 3.73. The smallest absolute Gasteiger partial charge is 0.273 e. The van der Waals surface area contributed by atoms with E-state index in [1.807, 2.05) is 42.4 Å². The van der Waals surface area contributed by atoms with Crippen molar-refractivity contribution in [3.05, 3.63) is 0 Å². The highest BCUT2D eigenvalue weighted by Crippen LogP contribution is 2.07. The van der Waals surface area contributed by atoms with E-state index in [1.54, 1.807) is 0 Å². The first-order chi connectivity index (χ1) is 7.02. The van der Waals surface area contributed by atoms with Gasteiger partial charge in [-0.2, -0.15) is 12.7 Å². The Morgan fingerprint density at radius 2 is 1.53 bits per heavy atom. The monoisotopic (exact) mass is 489 g/mol. The van der Waals surface area contributed by atoms with Gasteiger partial charge in [0.2, 0.25) is 0 Å². The van der Waals surface area contributed by atoms with Crippen LogP contribution >= 0.6 is 60.3 Å². The topological polar surface area (TPSA) is 57.6 Å². The van der Waals surface area contributed by atoms with Gasteiger partial charge in [0, 0.05) is 42.4 Å². The number of hydrogen-bond acceptors (Lipinski definition) is 4. The Hall–Kier alpha value is 1.15. The summed E-state index contributed by atoms with van der Waals surface area (Å²) in [5.74, 6) is 5.17. The van der Waals surface area contributed by atoms with Gasteiger partial charge in [0.1, 0.15) is 0 Å². The average Bonchev–Trinajstić information content (AvgIpc) is 2.14. The van der Waals surface area contributed by atoms with E-state index in [0.717, 1.165) is 4.31 Å². The highest BCUT2D eigenvalue weighted by molar-refractivity contribution is 14.2. The van der Waals surface area contributed by atoms with E-state index in [4.69, 9.17) is 4.55 Å². The summed E-state index contributed by atoms with van der Waals surface area (Å²) >= 11 is 3.94. The molecule has 0 unspecified atom stereocenters. The minimum absolute atomic E-state index is 0.0601. The molecule has 0 spiro atoms. The maximum atomic E-state index is 10.8. The van der Waals surface area contributed by atoms with Crippen molar-refractivity contribution in [3.63, 3.8) is 0 Å². The van der Waals surface area contributed by atoms with Crippen molar-refractivity contribution < 1.29 is 13.0 Å². The van der Waals surface area contributed by atoms with Crippen LogP contribution in [0.1, 0.15) is 0 Å². The second-order valence-electron chi connectivity index (χ2n) is 1.96. The second-order valence-corrected chi connectivity index (χ2v) is 6.73. The fraction of sp³-hybridized carbons (Fsp3) is 0.333. The third-order valence-electron chi connectivity index (χ3n) is 1.06. The fourth-order valence-electron chi connectivity index (χ4n) is 0.515. The molecule has 0 aromatic rings. The molecular formula is C6H5I2NO3S3. The lowest BCUT2D eigenvalue weighted by molar-refractivity contribution is 0.393. The standard InChI is InChI=1S/C6H5I2NO3S3/c7-13-5-1-3-9(15(10,11)12)4-2-6-14-8/h3-4H2,(H,10,11,12). The van der Waals surface area contributed by atoms with Crippen LogP contribution in [0.4, 0.5) is 0 Å². The van der Waals surface area contributed by atoms with E-state index < -0.39 is 10.3 Å². The summed E-state index contributed by atoms with van der Waals surface area (Å²) in [6.45, 7) is -0.120. The lowest BCUT2D eigenvalue weighted by atomic mass is 10.6. The maximum absolute atomic E-state index is 10.8. The zero-order valence-corrected chi connectivity index (χ0v) is 13.9. The Bertz CT molecular complexity index is 379. The van der Waals surface area contributed by atoms with Gasteiger partial charge in [-0.1, -0.05) is 11.8 Å². The maximum Gasteiger partial charge on any atom is 0.337 e. The minimum atomic E-state index is -4.22. The molecule has 0 aliphatic heterocycles. The molecular weight excluding hydrogens is 484 g/mol.